The number of carbonyl (C=O) groups is 1. The minimum Gasteiger partial charge on any atom is -0.325 e. The lowest BCUT2D eigenvalue weighted by Gasteiger charge is -2.07. The van der Waals surface area contributed by atoms with Crippen LogP contribution >= 0.6 is 27.7 Å². The molecule has 1 aromatic heterocycles. The van der Waals surface area contributed by atoms with E-state index in [1.165, 1.54) is 11.8 Å². The molecular weight excluding hydrogens is 350 g/mol. The molecule has 0 spiro atoms. The summed E-state index contributed by atoms with van der Waals surface area (Å²) < 4.78 is 0.980. The zero-order valence-electron chi connectivity index (χ0n) is 12.1. The van der Waals surface area contributed by atoms with Gasteiger partial charge in [0.05, 0.1) is 5.75 Å². The summed E-state index contributed by atoms with van der Waals surface area (Å²) in [6, 6.07) is 7.48. The number of amides is 1. The van der Waals surface area contributed by atoms with Crippen LogP contribution in [0, 0.1) is 20.8 Å². The monoisotopic (exact) mass is 365 g/mol. The van der Waals surface area contributed by atoms with Gasteiger partial charge in [0.2, 0.25) is 5.91 Å². The number of halogens is 1. The molecule has 0 aliphatic rings. The number of hydrogen-bond acceptors (Lipinski definition) is 4. The van der Waals surface area contributed by atoms with Crippen molar-refractivity contribution in [2.24, 2.45) is 0 Å². The SMILES string of the molecule is Cc1nc(SCC(=O)Nc2ccc(Br)cc2)nc(C)c1C. The second-order valence-corrected chi connectivity index (χ2v) is 6.50. The van der Waals surface area contributed by atoms with Crippen molar-refractivity contribution >= 4 is 39.3 Å². The van der Waals surface area contributed by atoms with Crippen molar-refractivity contribution in [2.45, 2.75) is 25.9 Å². The van der Waals surface area contributed by atoms with Gasteiger partial charge in [-0.3, -0.25) is 4.79 Å². The number of nitrogens with zero attached hydrogens (tertiary/aromatic N) is 2. The number of hydrogen-bond donors (Lipinski definition) is 1. The lowest BCUT2D eigenvalue weighted by Crippen LogP contribution is -2.14. The molecule has 2 aromatic rings. The smallest absolute Gasteiger partial charge is 0.234 e. The number of thioether (sulfide) groups is 1. The molecule has 1 heterocycles. The quantitative estimate of drug-likeness (QED) is 0.659. The van der Waals surface area contributed by atoms with Crippen molar-refractivity contribution in [2.75, 3.05) is 11.1 Å². The van der Waals surface area contributed by atoms with E-state index in [0.717, 1.165) is 27.1 Å². The van der Waals surface area contributed by atoms with Gasteiger partial charge in [0.15, 0.2) is 5.16 Å². The van der Waals surface area contributed by atoms with Crippen LogP contribution in [0.4, 0.5) is 5.69 Å². The highest BCUT2D eigenvalue weighted by atomic mass is 79.9. The largest absolute Gasteiger partial charge is 0.325 e. The van der Waals surface area contributed by atoms with Gasteiger partial charge in [-0.1, -0.05) is 27.7 Å². The summed E-state index contributed by atoms with van der Waals surface area (Å²) in [5.41, 5.74) is 3.79. The van der Waals surface area contributed by atoms with Crippen molar-refractivity contribution in [1.29, 1.82) is 0 Å². The maximum atomic E-state index is 11.9. The Morgan fingerprint density at radius 2 is 1.71 bits per heavy atom. The maximum absolute atomic E-state index is 11.9. The van der Waals surface area contributed by atoms with Gasteiger partial charge in [-0.2, -0.15) is 0 Å². The summed E-state index contributed by atoms with van der Waals surface area (Å²) >= 11 is 4.70. The maximum Gasteiger partial charge on any atom is 0.234 e. The average Bonchev–Trinajstić information content (AvgIpc) is 2.45. The fourth-order valence-electron chi connectivity index (χ4n) is 1.67. The molecule has 1 aromatic carbocycles. The molecule has 0 aliphatic heterocycles. The third kappa shape index (κ3) is 4.54. The lowest BCUT2D eigenvalue weighted by molar-refractivity contribution is -0.113. The Hall–Kier alpha value is -1.40. The van der Waals surface area contributed by atoms with E-state index >= 15 is 0 Å². The first-order chi connectivity index (χ1) is 9.95. The third-order valence-electron chi connectivity index (χ3n) is 3.07. The van der Waals surface area contributed by atoms with E-state index in [-0.39, 0.29) is 11.7 Å². The van der Waals surface area contributed by atoms with Gasteiger partial charge in [0.1, 0.15) is 0 Å². The average molecular weight is 366 g/mol. The molecule has 0 unspecified atom stereocenters. The van der Waals surface area contributed by atoms with Crippen LogP contribution in [0.3, 0.4) is 0 Å². The van der Waals surface area contributed by atoms with E-state index < -0.39 is 0 Å². The molecule has 2 rings (SSSR count). The van der Waals surface area contributed by atoms with Crippen LogP contribution in [-0.4, -0.2) is 21.6 Å². The van der Waals surface area contributed by atoms with Gasteiger partial charge >= 0.3 is 0 Å². The van der Waals surface area contributed by atoms with Crippen molar-refractivity contribution in [3.63, 3.8) is 0 Å². The normalized spacial score (nSPS) is 10.5. The van der Waals surface area contributed by atoms with Crippen molar-refractivity contribution in [1.82, 2.24) is 9.97 Å². The van der Waals surface area contributed by atoms with Crippen LogP contribution in [0.5, 0.6) is 0 Å². The van der Waals surface area contributed by atoms with Gasteiger partial charge in [-0.25, -0.2) is 9.97 Å². The summed E-state index contributed by atoms with van der Waals surface area (Å²) in [6.07, 6.45) is 0. The molecule has 1 amide bonds. The Balaban J connectivity index is 1.93. The van der Waals surface area contributed by atoms with Crippen LogP contribution in [0.15, 0.2) is 33.9 Å². The van der Waals surface area contributed by atoms with Crippen molar-refractivity contribution in [3.8, 4) is 0 Å². The van der Waals surface area contributed by atoms with E-state index in [1.807, 2.05) is 45.0 Å². The Bertz CT molecular complexity index is 635. The summed E-state index contributed by atoms with van der Waals surface area (Å²) in [4.78, 5) is 20.7. The minimum absolute atomic E-state index is 0.0678. The molecule has 21 heavy (non-hydrogen) atoms. The topological polar surface area (TPSA) is 54.9 Å². The molecule has 0 atom stereocenters. The van der Waals surface area contributed by atoms with Gasteiger partial charge in [-0.15, -0.1) is 0 Å². The Morgan fingerprint density at radius 3 is 2.29 bits per heavy atom. The molecule has 0 saturated heterocycles. The van der Waals surface area contributed by atoms with Crippen LogP contribution in [0.1, 0.15) is 17.0 Å². The van der Waals surface area contributed by atoms with Crippen LogP contribution in [-0.2, 0) is 4.79 Å². The summed E-state index contributed by atoms with van der Waals surface area (Å²) in [5.74, 6) is 0.222. The Kier molecular flexibility index (Phi) is 5.36. The fourth-order valence-corrected chi connectivity index (χ4v) is 2.67. The predicted octanol–water partition coefficient (Wildman–Crippen LogP) is 3.90. The number of benzene rings is 1. The lowest BCUT2D eigenvalue weighted by atomic mass is 10.2. The first-order valence-electron chi connectivity index (χ1n) is 6.46. The summed E-state index contributed by atoms with van der Waals surface area (Å²) in [7, 11) is 0. The van der Waals surface area contributed by atoms with Crippen molar-refractivity contribution in [3.05, 3.63) is 45.7 Å². The number of aromatic nitrogens is 2. The highest BCUT2D eigenvalue weighted by Crippen LogP contribution is 2.18. The molecule has 0 saturated carbocycles. The van der Waals surface area contributed by atoms with Gasteiger partial charge in [-0.05, 0) is 50.6 Å². The first-order valence-corrected chi connectivity index (χ1v) is 8.23. The predicted molar refractivity (Wildman–Crippen MR) is 89.7 cm³/mol. The van der Waals surface area contributed by atoms with Crippen molar-refractivity contribution < 1.29 is 4.79 Å². The molecule has 1 N–H and O–H groups in total. The first kappa shape index (κ1) is 16.0. The van der Waals surface area contributed by atoms with E-state index in [4.69, 9.17) is 0 Å². The van der Waals surface area contributed by atoms with Gasteiger partial charge in [0.25, 0.3) is 0 Å². The number of aryl methyl sites for hydroxylation is 2. The Labute approximate surface area is 136 Å². The molecule has 0 aliphatic carbocycles. The molecule has 0 fully saturated rings. The second-order valence-electron chi connectivity index (χ2n) is 4.65. The summed E-state index contributed by atoms with van der Waals surface area (Å²) in [5, 5.41) is 3.48. The minimum atomic E-state index is -0.0678. The molecule has 4 nitrogen and oxygen atoms in total. The van der Waals surface area contributed by atoms with Gasteiger partial charge < -0.3 is 5.32 Å². The summed E-state index contributed by atoms with van der Waals surface area (Å²) in [6.45, 7) is 5.91. The van der Waals surface area contributed by atoms with E-state index in [2.05, 4.69) is 31.2 Å². The molecule has 0 radical (unpaired) electrons. The zero-order chi connectivity index (χ0) is 15.4. The van der Waals surface area contributed by atoms with Crippen LogP contribution in [0.25, 0.3) is 0 Å². The van der Waals surface area contributed by atoms with E-state index in [9.17, 15) is 4.79 Å². The highest BCUT2D eigenvalue weighted by Gasteiger charge is 2.08. The molecule has 0 bridgehead atoms. The molecule has 110 valence electrons. The van der Waals surface area contributed by atoms with Crippen LogP contribution < -0.4 is 5.32 Å². The second kappa shape index (κ2) is 7.04. The third-order valence-corrected chi connectivity index (χ3v) is 4.45. The standard InChI is InChI=1S/C15H16BrN3OS/c1-9-10(2)17-15(18-11(9)3)21-8-14(20)19-13-6-4-12(16)5-7-13/h4-7H,8H2,1-3H3,(H,19,20). The van der Waals surface area contributed by atoms with Crippen LogP contribution in [0.2, 0.25) is 0 Å². The number of rotatable bonds is 4. The van der Waals surface area contributed by atoms with E-state index in [0.29, 0.717) is 5.16 Å². The van der Waals surface area contributed by atoms with Gasteiger partial charge in [0, 0.05) is 21.5 Å². The van der Waals surface area contributed by atoms with E-state index in [1.54, 1.807) is 0 Å². The molecular formula is C15H16BrN3OS. The number of anilines is 1. The Morgan fingerprint density at radius 1 is 1.14 bits per heavy atom. The fraction of sp³-hybridized carbons (Fsp3) is 0.267. The molecule has 6 heteroatoms. The number of nitrogens with one attached hydrogen (secondary N) is 1. The zero-order valence-corrected chi connectivity index (χ0v) is 14.5. The number of carbonyl (C=O) groups excluding carboxylic acids is 1. The highest BCUT2D eigenvalue weighted by molar-refractivity contribution is 9.10.